The molecule has 0 fully saturated rings. The Kier molecular flexibility index (Phi) is 9.10. The van der Waals surface area contributed by atoms with Gasteiger partial charge in [0.05, 0.1) is 17.8 Å². The number of hydrazone groups is 1. The molecule has 0 aliphatic carbocycles. The molecule has 0 bridgehead atoms. The normalized spacial score (nSPS) is 11.2. The third kappa shape index (κ3) is 7.10. The molecule has 8 nitrogen and oxygen atoms in total. The molecule has 0 radical (unpaired) electrons. The van der Waals surface area contributed by atoms with E-state index in [9.17, 15) is 13.2 Å². The highest BCUT2D eigenvalue weighted by Crippen LogP contribution is 2.29. The summed E-state index contributed by atoms with van der Waals surface area (Å²) in [6.07, 6.45) is 2.98. The molecule has 0 heterocycles. The smallest absolute Gasteiger partial charge is 0.339 e. The van der Waals surface area contributed by atoms with Crippen molar-refractivity contribution in [1.82, 2.24) is 5.43 Å². The van der Waals surface area contributed by atoms with Crippen molar-refractivity contribution in [3.05, 3.63) is 95.0 Å². The number of benzene rings is 3. The van der Waals surface area contributed by atoms with Gasteiger partial charge < -0.3 is 13.7 Å². The quantitative estimate of drug-likeness (QED) is 0.160. The fourth-order valence-electron chi connectivity index (χ4n) is 2.95. The van der Waals surface area contributed by atoms with Crippen molar-refractivity contribution in [1.29, 1.82) is 0 Å². The van der Waals surface area contributed by atoms with Crippen LogP contribution in [0, 0.1) is 6.92 Å². The van der Waals surface area contributed by atoms with Crippen LogP contribution in [-0.2, 0) is 10.1 Å². The number of halogens is 1. The molecule has 0 aliphatic rings. The zero-order valence-corrected chi connectivity index (χ0v) is 21.3. The molecule has 0 unspecified atom stereocenters. The summed E-state index contributed by atoms with van der Waals surface area (Å²) in [6, 6.07) is 15.5. The predicted molar refractivity (Wildman–Crippen MR) is 139 cm³/mol. The fourth-order valence-corrected chi connectivity index (χ4v) is 4.17. The summed E-state index contributed by atoms with van der Waals surface area (Å²) >= 11 is 6.21. The number of rotatable bonds is 11. The summed E-state index contributed by atoms with van der Waals surface area (Å²) in [4.78, 5) is 12.5. The Morgan fingerprint density at radius 3 is 2.42 bits per heavy atom. The number of nitrogens with one attached hydrogen (secondary N) is 1. The van der Waals surface area contributed by atoms with Gasteiger partial charge in [0.25, 0.3) is 5.91 Å². The van der Waals surface area contributed by atoms with Crippen molar-refractivity contribution in [2.24, 2.45) is 5.10 Å². The van der Waals surface area contributed by atoms with Crippen LogP contribution in [-0.4, -0.2) is 33.8 Å². The second-order valence-corrected chi connectivity index (χ2v) is 9.39. The largest absolute Gasteiger partial charge is 0.490 e. The van der Waals surface area contributed by atoms with Gasteiger partial charge in [0.1, 0.15) is 11.5 Å². The van der Waals surface area contributed by atoms with E-state index in [0.717, 1.165) is 5.56 Å². The van der Waals surface area contributed by atoms with Crippen LogP contribution in [0.1, 0.15) is 28.4 Å². The first-order chi connectivity index (χ1) is 17.2. The molecular weight excluding hydrogens is 504 g/mol. The van der Waals surface area contributed by atoms with Crippen LogP contribution in [0.4, 0.5) is 0 Å². The van der Waals surface area contributed by atoms with Crippen molar-refractivity contribution in [3.8, 4) is 17.2 Å². The number of hydrogen-bond acceptors (Lipinski definition) is 7. The molecule has 0 aliphatic heterocycles. The molecule has 36 heavy (non-hydrogen) atoms. The number of amides is 1. The van der Waals surface area contributed by atoms with E-state index in [4.69, 9.17) is 25.3 Å². The van der Waals surface area contributed by atoms with E-state index < -0.39 is 16.0 Å². The Morgan fingerprint density at radius 2 is 1.75 bits per heavy atom. The maximum Gasteiger partial charge on any atom is 0.339 e. The third-order valence-electron chi connectivity index (χ3n) is 4.71. The highest BCUT2D eigenvalue weighted by atomic mass is 35.5. The van der Waals surface area contributed by atoms with Gasteiger partial charge in [0, 0.05) is 5.56 Å². The summed E-state index contributed by atoms with van der Waals surface area (Å²) in [5.74, 6) is 0.440. The summed E-state index contributed by atoms with van der Waals surface area (Å²) < 4.78 is 41.2. The molecule has 0 atom stereocenters. The highest BCUT2D eigenvalue weighted by Gasteiger charge is 2.18. The minimum atomic E-state index is -4.04. The Labute approximate surface area is 215 Å². The zero-order chi connectivity index (χ0) is 26.1. The average Bonchev–Trinajstić information content (AvgIpc) is 2.85. The maximum atomic E-state index is 12.5. The van der Waals surface area contributed by atoms with Crippen LogP contribution in [0.25, 0.3) is 0 Å². The lowest BCUT2D eigenvalue weighted by Gasteiger charge is -2.12. The molecule has 0 saturated heterocycles. The molecule has 1 amide bonds. The van der Waals surface area contributed by atoms with Crippen molar-refractivity contribution < 1.29 is 26.9 Å². The minimum absolute atomic E-state index is 0.0188. The van der Waals surface area contributed by atoms with Gasteiger partial charge in [-0.25, -0.2) is 5.43 Å². The molecule has 0 spiro atoms. The Hall–Kier alpha value is -3.82. The zero-order valence-electron chi connectivity index (χ0n) is 19.7. The summed E-state index contributed by atoms with van der Waals surface area (Å²) in [6.45, 7) is 8.00. The van der Waals surface area contributed by atoms with Gasteiger partial charge >= 0.3 is 10.1 Å². The van der Waals surface area contributed by atoms with Crippen LogP contribution in [0.5, 0.6) is 17.2 Å². The number of carbonyl (C=O) groups is 1. The number of hydrogen-bond donors (Lipinski definition) is 1. The second-order valence-electron chi connectivity index (χ2n) is 7.43. The van der Waals surface area contributed by atoms with Crippen molar-refractivity contribution in [2.45, 2.75) is 18.7 Å². The van der Waals surface area contributed by atoms with E-state index in [1.54, 1.807) is 42.5 Å². The van der Waals surface area contributed by atoms with Gasteiger partial charge in [0.15, 0.2) is 17.2 Å². The number of ether oxygens (including phenoxy) is 2. The molecule has 0 saturated carbocycles. The first kappa shape index (κ1) is 26.8. The lowest BCUT2D eigenvalue weighted by atomic mass is 10.2. The van der Waals surface area contributed by atoms with Gasteiger partial charge in [-0.3, -0.25) is 4.79 Å². The molecule has 1 N–H and O–H groups in total. The van der Waals surface area contributed by atoms with Crippen molar-refractivity contribution in [2.75, 3.05) is 13.2 Å². The lowest BCUT2D eigenvalue weighted by molar-refractivity contribution is 0.0954. The van der Waals surface area contributed by atoms with Gasteiger partial charge in [-0.1, -0.05) is 42.0 Å². The Bertz CT molecular complexity index is 1370. The molecule has 188 valence electrons. The lowest BCUT2D eigenvalue weighted by Crippen LogP contribution is -2.17. The van der Waals surface area contributed by atoms with Gasteiger partial charge in [-0.15, -0.1) is 0 Å². The van der Waals surface area contributed by atoms with Crippen LogP contribution in [0.2, 0.25) is 5.02 Å². The molecule has 10 heteroatoms. The van der Waals surface area contributed by atoms with Crippen LogP contribution >= 0.6 is 11.6 Å². The van der Waals surface area contributed by atoms with E-state index in [1.165, 1.54) is 30.5 Å². The first-order valence-electron chi connectivity index (χ1n) is 10.9. The molecule has 0 aromatic heterocycles. The van der Waals surface area contributed by atoms with E-state index in [-0.39, 0.29) is 15.7 Å². The predicted octanol–water partition coefficient (Wildman–Crippen LogP) is 5.14. The highest BCUT2D eigenvalue weighted by molar-refractivity contribution is 7.87. The van der Waals surface area contributed by atoms with E-state index in [1.807, 2.05) is 13.8 Å². The number of carbonyl (C=O) groups excluding carboxylic acids is 1. The van der Waals surface area contributed by atoms with Crippen molar-refractivity contribution in [3.63, 3.8) is 0 Å². The number of nitrogens with zero attached hydrogens (tertiary/aromatic N) is 1. The van der Waals surface area contributed by atoms with Crippen LogP contribution in [0.3, 0.4) is 0 Å². The fraction of sp³-hybridized carbons (Fsp3) is 0.154. The second kappa shape index (κ2) is 12.2. The summed E-state index contributed by atoms with van der Waals surface area (Å²) in [5, 5.41) is 4.01. The average molecular weight is 529 g/mol. The monoisotopic (exact) mass is 528 g/mol. The molecule has 3 aromatic carbocycles. The van der Waals surface area contributed by atoms with Gasteiger partial charge in [-0.2, -0.15) is 13.5 Å². The van der Waals surface area contributed by atoms with Crippen LogP contribution in [0.15, 0.2) is 83.3 Å². The minimum Gasteiger partial charge on any atom is -0.490 e. The van der Waals surface area contributed by atoms with Crippen molar-refractivity contribution >= 4 is 33.8 Å². The first-order valence-corrected chi connectivity index (χ1v) is 12.7. The standard InChI is InChI=1S/C26H25ClN2O6S/c1-4-14-34-24-13-9-20(16-25(24)33-5-2)26(30)29-28-17-19-8-12-23(22(27)15-19)35-36(31,32)21-10-6-18(3)7-11-21/h4,6-13,15-17H,1,5,14H2,2-3H3,(H,29,30)/b28-17+. The van der Waals surface area contributed by atoms with E-state index in [2.05, 4.69) is 17.1 Å². The third-order valence-corrected chi connectivity index (χ3v) is 6.25. The van der Waals surface area contributed by atoms with Gasteiger partial charge in [-0.05, 0) is 67.9 Å². The van der Waals surface area contributed by atoms with E-state index >= 15 is 0 Å². The van der Waals surface area contributed by atoms with Crippen LogP contribution < -0.4 is 19.1 Å². The Morgan fingerprint density at radius 1 is 1.03 bits per heavy atom. The SMILES string of the molecule is C=CCOc1ccc(C(=O)N/N=C/c2ccc(OS(=O)(=O)c3ccc(C)cc3)c(Cl)c2)cc1OCC. The van der Waals surface area contributed by atoms with E-state index in [0.29, 0.717) is 35.8 Å². The Balaban J connectivity index is 1.66. The molecule has 3 rings (SSSR count). The molecular formula is C26H25ClN2O6S. The molecule has 3 aromatic rings. The summed E-state index contributed by atoms with van der Waals surface area (Å²) in [7, 11) is -4.04. The maximum absolute atomic E-state index is 12.5. The summed E-state index contributed by atoms with van der Waals surface area (Å²) in [5.41, 5.74) is 4.19. The topological polar surface area (TPSA) is 103 Å². The number of aryl methyl sites for hydroxylation is 1. The van der Waals surface area contributed by atoms with Gasteiger partial charge in [0.2, 0.25) is 0 Å².